The quantitative estimate of drug-likeness (QED) is 0.907. The molecule has 108 valence electrons. The third-order valence-electron chi connectivity index (χ3n) is 4.72. The maximum Gasteiger partial charge on any atom is 0.0406 e. The highest BCUT2D eigenvalue weighted by molar-refractivity contribution is 8.00. The van der Waals surface area contributed by atoms with Gasteiger partial charge in [0.2, 0.25) is 0 Å². The van der Waals surface area contributed by atoms with E-state index in [0.29, 0.717) is 10.7 Å². The predicted molar refractivity (Wildman–Crippen MR) is 90.4 cm³/mol. The first-order valence-corrected chi connectivity index (χ1v) is 8.72. The van der Waals surface area contributed by atoms with Crippen LogP contribution in [-0.2, 0) is 11.8 Å². The van der Waals surface area contributed by atoms with E-state index < -0.39 is 0 Å². The van der Waals surface area contributed by atoms with E-state index in [2.05, 4.69) is 53.5 Å². The molecule has 0 radical (unpaired) electrons. The van der Waals surface area contributed by atoms with E-state index in [-0.39, 0.29) is 0 Å². The summed E-state index contributed by atoms with van der Waals surface area (Å²) in [5.41, 5.74) is 3.25. The highest BCUT2D eigenvalue weighted by atomic mass is 35.5. The van der Waals surface area contributed by atoms with Gasteiger partial charge in [-0.2, -0.15) is 0 Å². The number of benzene rings is 2. The van der Waals surface area contributed by atoms with Gasteiger partial charge in [0.05, 0.1) is 0 Å². The Labute approximate surface area is 135 Å². The minimum absolute atomic E-state index is 0.296. The van der Waals surface area contributed by atoms with E-state index in [9.17, 15) is 0 Å². The normalized spacial score (nSPS) is 22.6. The van der Waals surface area contributed by atoms with Crippen LogP contribution in [0.3, 0.4) is 0 Å². The zero-order valence-electron chi connectivity index (χ0n) is 11.8. The first kappa shape index (κ1) is 13.7. The Balaban J connectivity index is 1.54. The summed E-state index contributed by atoms with van der Waals surface area (Å²) in [6, 6.07) is 17.3. The summed E-state index contributed by atoms with van der Waals surface area (Å²) in [5.74, 6) is 0. The average Bonchev–Trinajstić information content (AvgIpc) is 2.86. The van der Waals surface area contributed by atoms with Crippen molar-refractivity contribution in [1.29, 1.82) is 0 Å². The number of halogens is 1. The number of rotatable bonds is 3. The van der Waals surface area contributed by atoms with Crippen molar-refractivity contribution in [2.45, 2.75) is 28.4 Å². The van der Waals surface area contributed by atoms with Crippen LogP contribution in [-0.4, -0.2) is 18.3 Å². The summed E-state index contributed by atoms with van der Waals surface area (Å²) < 4.78 is 0. The molecule has 2 heterocycles. The van der Waals surface area contributed by atoms with Gasteiger partial charge in [-0.25, -0.2) is 0 Å². The summed E-state index contributed by atoms with van der Waals surface area (Å²) in [4.78, 5) is 1.47. The molecule has 1 nitrogen and oxygen atoms in total. The molecule has 0 spiro atoms. The Kier molecular flexibility index (Phi) is 3.49. The van der Waals surface area contributed by atoms with Crippen molar-refractivity contribution in [2.24, 2.45) is 0 Å². The van der Waals surface area contributed by atoms with Crippen molar-refractivity contribution in [3.05, 3.63) is 64.7 Å². The topological polar surface area (TPSA) is 12.0 Å². The maximum atomic E-state index is 6.03. The smallest absolute Gasteiger partial charge is 0.0406 e. The molecule has 1 unspecified atom stereocenters. The predicted octanol–water partition coefficient (Wildman–Crippen LogP) is 4.29. The number of hydrogen-bond acceptors (Lipinski definition) is 2. The Morgan fingerprint density at radius 1 is 1.10 bits per heavy atom. The van der Waals surface area contributed by atoms with Gasteiger partial charge >= 0.3 is 0 Å². The fourth-order valence-corrected chi connectivity index (χ4v) is 5.11. The van der Waals surface area contributed by atoms with Crippen LogP contribution in [0.2, 0.25) is 5.02 Å². The molecular weight excluding hydrogens is 298 g/mol. The molecule has 0 aromatic heterocycles. The Morgan fingerprint density at radius 2 is 1.86 bits per heavy atom. The standard InChI is InChI=1S/C18H18ClNS/c19-15-7-5-14(6-8-15)18(11-20-12-18)10-16-9-13-3-1-2-4-17(13)21-16/h1-8,16,20H,9-12H2. The molecule has 2 aromatic carbocycles. The van der Waals surface area contributed by atoms with Gasteiger partial charge < -0.3 is 5.32 Å². The van der Waals surface area contributed by atoms with Crippen LogP contribution in [0.1, 0.15) is 17.5 Å². The summed E-state index contributed by atoms with van der Waals surface area (Å²) in [6.45, 7) is 2.17. The van der Waals surface area contributed by atoms with Gasteiger partial charge in [-0.15, -0.1) is 11.8 Å². The molecule has 1 N–H and O–H groups in total. The van der Waals surface area contributed by atoms with Crippen LogP contribution in [0.4, 0.5) is 0 Å². The number of hydrogen-bond donors (Lipinski definition) is 1. The minimum Gasteiger partial charge on any atom is -0.315 e. The summed E-state index contributed by atoms with van der Waals surface area (Å²) >= 11 is 8.09. The maximum absolute atomic E-state index is 6.03. The molecule has 21 heavy (non-hydrogen) atoms. The molecule has 2 aromatic rings. The van der Waals surface area contributed by atoms with Crippen molar-refractivity contribution in [2.75, 3.05) is 13.1 Å². The lowest BCUT2D eigenvalue weighted by atomic mass is 9.71. The van der Waals surface area contributed by atoms with Crippen LogP contribution in [0.25, 0.3) is 0 Å². The second-order valence-electron chi connectivity index (χ2n) is 6.15. The molecule has 1 fully saturated rings. The molecule has 0 saturated carbocycles. The Hall–Kier alpha value is -0.960. The van der Waals surface area contributed by atoms with Crippen LogP contribution in [0, 0.1) is 0 Å². The van der Waals surface area contributed by atoms with Crippen molar-refractivity contribution >= 4 is 23.4 Å². The Bertz CT molecular complexity index is 624. The van der Waals surface area contributed by atoms with Crippen LogP contribution < -0.4 is 5.32 Å². The first-order chi connectivity index (χ1) is 10.3. The van der Waals surface area contributed by atoms with Crippen LogP contribution >= 0.6 is 23.4 Å². The molecule has 0 aliphatic carbocycles. The van der Waals surface area contributed by atoms with Crippen molar-refractivity contribution < 1.29 is 0 Å². The van der Waals surface area contributed by atoms with Gasteiger partial charge in [0.15, 0.2) is 0 Å². The fraction of sp³-hybridized carbons (Fsp3) is 0.333. The van der Waals surface area contributed by atoms with Gasteiger partial charge in [-0.3, -0.25) is 0 Å². The Morgan fingerprint density at radius 3 is 2.52 bits per heavy atom. The largest absolute Gasteiger partial charge is 0.315 e. The molecular formula is C18H18ClNS. The lowest BCUT2D eigenvalue weighted by Gasteiger charge is -2.45. The monoisotopic (exact) mass is 315 g/mol. The minimum atomic E-state index is 0.296. The number of nitrogens with one attached hydrogen (secondary N) is 1. The second-order valence-corrected chi connectivity index (χ2v) is 7.93. The van der Waals surface area contributed by atoms with Crippen molar-refractivity contribution in [1.82, 2.24) is 5.32 Å². The number of thioether (sulfide) groups is 1. The van der Waals surface area contributed by atoms with Crippen LogP contribution in [0.15, 0.2) is 53.4 Å². The lowest BCUT2D eigenvalue weighted by Crippen LogP contribution is -2.57. The molecule has 3 heteroatoms. The van der Waals surface area contributed by atoms with E-state index in [4.69, 9.17) is 11.6 Å². The third-order valence-corrected chi connectivity index (χ3v) is 6.29. The highest BCUT2D eigenvalue weighted by Gasteiger charge is 2.41. The zero-order valence-corrected chi connectivity index (χ0v) is 13.4. The molecule has 1 atom stereocenters. The SMILES string of the molecule is Clc1ccc(C2(CC3Cc4ccccc4S3)CNC2)cc1. The van der Waals surface area contributed by atoms with E-state index >= 15 is 0 Å². The number of fused-ring (bicyclic) bond motifs is 1. The van der Waals surface area contributed by atoms with Crippen LogP contribution in [0.5, 0.6) is 0 Å². The molecule has 0 amide bonds. The van der Waals surface area contributed by atoms with Gasteiger partial charge in [-0.1, -0.05) is 41.9 Å². The van der Waals surface area contributed by atoms with Gasteiger partial charge in [0.1, 0.15) is 0 Å². The summed E-state index contributed by atoms with van der Waals surface area (Å²) in [5, 5.41) is 4.99. The first-order valence-electron chi connectivity index (χ1n) is 7.47. The fourth-order valence-electron chi connectivity index (χ4n) is 3.50. The van der Waals surface area contributed by atoms with Gasteiger partial charge in [-0.05, 0) is 42.2 Å². The average molecular weight is 316 g/mol. The van der Waals surface area contributed by atoms with E-state index in [1.165, 1.54) is 28.9 Å². The van der Waals surface area contributed by atoms with Gasteiger partial charge in [0, 0.05) is 33.7 Å². The molecule has 1 saturated heterocycles. The molecule has 2 aliphatic rings. The third kappa shape index (κ3) is 2.50. The lowest BCUT2D eigenvalue weighted by molar-refractivity contribution is 0.256. The van der Waals surface area contributed by atoms with E-state index in [1.54, 1.807) is 0 Å². The molecule has 0 bridgehead atoms. The van der Waals surface area contributed by atoms with Crippen molar-refractivity contribution in [3.63, 3.8) is 0 Å². The second kappa shape index (κ2) is 5.35. The summed E-state index contributed by atoms with van der Waals surface area (Å²) in [6.07, 6.45) is 2.44. The zero-order chi connectivity index (χ0) is 14.3. The molecule has 2 aliphatic heterocycles. The molecule has 4 rings (SSSR count). The van der Waals surface area contributed by atoms with E-state index in [1.807, 2.05) is 12.1 Å². The highest BCUT2D eigenvalue weighted by Crippen LogP contribution is 2.44. The van der Waals surface area contributed by atoms with Crippen molar-refractivity contribution in [3.8, 4) is 0 Å². The van der Waals surface area contributed by atoms with Gasteiger partial charge in [0.25, 0.3) is 0 Å². The summed E-state index contributed by atoms with van der Waals surface area (Å²) in [7, 11) is 0. The van der Waals surface area contributed by atoms with E-state index in [0.717, 1.165) is 18.1 Å².